The Kier molecular flexibility index (Phi) is 5.85. The summed E-state index contributed by atoms with van der Waals surface area (Å²) in [6, 6.07) is 3.94. The van der Waals surface area contributed by atoms with Gasteiger partial charge in [-0.1, -0.05) is 11.2 Å². The molecule has 148 valence electrons. The fourth-order valence-electron chi connectivity index (χ4n) is 3.72. The van der Waals surface area contributed by atoms with Crippen LogP contribution in [0.25, 0.3) is 10.7 Å². The van der Waals surface area contributed by atoms with Gasteiger partial charge in [0.15, 0.2) is 0 Å². The van der Waals surface area contributed by atoms with Crippen LogP contribution >= 0.6 is 11.3 Å². The number of piperidine rings is 1. The third-order valence-electron chi connectivity index (χ3n) is 5.25. The van der Waals surface area contributed by atoms with Crippen molar-refractivity contribution >= 4 is 17.2 Å². The van der Waals surface area contributed by atoms with Crippen LogP contribution in [0.15, 0.2) is 34.4 Å². The number of aryl methyl sites for hydroxylation is 2. The zero-order valence-corrected chi connectivity index (χ0v) is 16.9. The minimum atomic E-state index is 0.225. The zero-order valence-electron chi connectivity index (χ0n) is 16.1. The highest BCUT2D eigenvalue weighted by Gasteiger charge is 2.24. The number of hydrogen-bond donors (Lipinski definition) is 0. The summed E-state index contributed by atoms with van der Waals surface area (Å²) >= 11 is 1.59. The van der Waals surface area contributed by atoms with Gasteiger partial charge in [-0.25, -0.2) is 4.98 Å². The molecule has 4 rings (SSSR count). The predicted molar refractivity (Wildman–Crippen MR) is 107 cm³/mol. The summed E-state index contributed by atoms with van der Waals surface area (Å²) in [6.07, 6.45) is 8.84. The second kappa shape index (κ2) is 8.68. The Bertz CT molecular complexity index is 901. The molecular weight excluding hydrogens is 374 g/mol. The summed E-state index contributed by atoms with van der Waals surface area (Å²) in [5, 5.41) is 6.01. The van der Waals surface area contributed by atoms with Crippen LogP contribution in [0, 0.1) is 5.92 Å². The van der Waals surface area contributed by atoms with Gasteiger partial charge in [-0.2, -0.15) is 4.98 Å². The maximum absolute atomic E-state index is 12.6. The van der Waals surface area contributed by atoms with E-state index >= 15 is 0 Å². The van der Waals surface area contributed by atoms with Gasteiger partial charge in [0.05, 0.1) is 4.88 Å². The van der Waals surface area contributed by atoms with Crippen LogP contribution < -0.4 is 0 Å². The first-order chi connectivity index (χ1) is 13.7. The third-order valence-corrected chi connectivity index (χ3v) is 6.12. The molecule has 1 fully saturated rings. The highest BCUT2D eigenvalue weighted by atomic mass is 32.1. The summed E-state index contributed by atoms with van der Waals surface area (Å²) in [7, 11) is 2.02. The van der Waals surface area contributed by atoms with Gasteiger partial charge in [0, 0.05) is 51.8 Å². The van der Waals surface area contributed by atoms with Crippen molar-refractivity contribution in [1.82, 2.24) is 24.6 Å². The smallest absolute Gasteiger partial charge is 0.226 e. The van der Waals surface area contributed by atoms with E-state index in [1.807, 2.05) is 41.9 Å². The van der Waals surface area contributed by atoms with E-state index in [0.717, 1.165) is 49.5 Å². The van der Waals surface area contributed by atoms with E-state index in [1.165, 1.54) is 0 Å². The lowest BCUT2D eigenvalue weighted by molar-refractivity contribution is -0.133. The summed E-state index contributed by atoms with van der Waals surface area (Å²) in [5.41, 5.74) is 0. The molecule has 0 aliphatic carbocycles. The van der Waals surface area contributed by atoms with Crippen molar-refractivity contribution in [1.29, 1.82) is 0 Å². The van der Waals surface area contributed by atoms with Crippen LogP contribution in [-0.4, -0.2) is 43.6 Å². The largest absolute Gasteiger partial charge is 0.342 e. The molecule has 1 amide bonds. The lowest BCUT2D eigenvalue weighted by Gasteiger charge is -2.32. The van der Waals surface area contributed by atoms with Gasteiger partial charge in [-0.15, -0.1) is 11.3 Å². The van der Waals surface area contributed by atoms with Crippen LogP contribution in [0.1, 0.15) is 37.4 Å². The third kappa shape index (κ3) is 4.49. The monoisotopic (exact) mass is 399 g/mol. The lowest BCUT2D eigenvalue weighted by atomic mass is 9.94. The normalized spacial score (nSPS) is 17.2. The van der Waals surface area contributed by atoms with Gasteiger partial charge in [0.1, 0.15) is 5.82 Å². The summed E-state index contributed by atoms with van der Waals surface area (Å²) < 4.78 is 7.38. The van der Waals surface area contributed by atoms with E-state index in [0.29, 0.717) is 30.5 Å². The summed E-state index contributed by atoms with van der Waals surface area (Å²) in [5.74, 6) is 3.04. The Labute approximate surface area is 168 Å². The highest BCUT2D eigenvalue weighted by molar-refractivity contribution is 7.13. The molecule has 28 heavy (non-hydrogen) atoms. The Morgan fingerprint density at radius 3 is 3.14 bits per heavy atom. The molecule has 7 nitrogen and oxygen atoms in total. The van der Waals surface area contributed by atoms with Gasteiger partial charge in [-0.3, -0.25) is 4.79 Å². The Hall–Kier alpha value is -2.48. The number of hydrogen-bond acceptors (Lipinski definition) is 6. The van der Waals surface area contributed by atoms with E-state index in [9.17, 15) is 4.79 Å². The van der Waals surface area contributed by atoms with Crippen LogP contribution in [-0.2, 0) is 24.7 Å². The molecule has 0 radical (unpaired) electrons. The Balaban J connectivity index is 1.24. The first-order valence-electron chi connectivity index (χ1n) is 9.79. The first kappa shape index (κ1) is 18.9. The van der Waals surface area contributed by atoms with Crippen molar-refractivity contribution in [3.63, 3.8) is 0 Å². The highest BCUT2D eigenvalue weighted by Crippen LogP contribution is 2.23. The Morgan fingerprint density at radius 1 is 1.43 bits per heavy atom. The van der Waals surface area contributed by atoms with Crippen molar-refractivity contribution in [3.05, 3.63) is 41.6 Å². The van der Waals surface area contributed by atoms with E-state index < -0.39 is 0 Å². The van der Waals surface area contributed by atoms with Crippen molar-refractivity contribution in [2.45, 2.75) is 38.5 Å². The second-order valence-electron chi connectivity index (χ2n) is 7.35. The van der Waals surface area contributed by atoms with E-state index in [2.05, 4.69) is 19.7 Å². The van der Waals surface area contributed by atoms with Gasteiger partial charge < -0.3 is 14.0 Å². The van der Waals surface area contributed by atoms with Crippen LogP contribution in [0.2, 0.25) is 0 Å². The molecule has 0 saturated carbocycles. The molecule has 1 atom stereocenters. The quantitative estimate of drug-likeness (QED) is 0.609. The maximum Gasteiger partial charge on any atom is 0.226 e. The fourth-order valence-corrected chi connectivity index (χ4v) is 4.37. The minimum absolute atomic E-state index is 0.225. The van der Waals surface area contributed by atoms with Gasteiger partial charge in [0.2, 0.25) is 17.6 Å². The van der Waals surface area contributed by atoms with Crippen molar-refractivity contribution in [2.75, 3.05) is 13.1 Å². The molecule has 3 aromatic rings. The molecule has 0 aromatic carbocycles. The number of nitrogens with zero attached hydrogens (tertiary/aromatic N) is 5. The molecule has 4 heterocycles. The number of aromatic nitrogens is 4. The number of likely N-dealkylation sites (tertiary alicyclic amines) is 1. The van der Waals surface area contributed by atoms with Crippen molar-refractivity contribution in [2.24, 2.45) is 13.0 Å². The summed E-state index contributed by atoms with van der Waals surface area (Å²) in [6.45, 7) is 1.69. The average molecular weight is 400 g/mol. The minimum Gasteiger partial charge on any atom is -0.342 e. The second-order valence-corrected chi connectivity index (χ2v) is 8.30. The van der Waals surface area contributed by atoms with Crippen LogP contribution in [0.4, 0.5) is 0 Å². The topological polar surface area (TPSA) is 77.1 Å². The molecule has 1 aliphatic rings. The van der Waals surface area contributed by atoms with E-state index in [1.54, 1.807) is 11.3 Å². The molecule has 1 saturated heterocycles. The predicted octanol–water partition coefficient (Wildman–Crippen LogP) is 3.34. The Morgan fingerprint density at radius 2 is 2.36 bits per heavy atom. The molecule has 0 spiro atoms. The summed E-state index contributed by atoms with van der Waals surface area (Å²) in [4.78, 5) is 24.5. The van der Waals surface area contributed by atoms with Gasteiger partial charge in [-0.05, 0) is 36.6 Å². The van der Waals surface area contributed by atoms with Crippen molar-refractivity contribution < 1.29 is 9.32 Å². The number of imidazole rings is 1. The average Bonchev–Trinajstić information content (AvgIpc) is 3.45. The molecule has 1 unspecified atom stereocenters. The SMILES string of the molecule is Cn1ccnc1CC1CCCN(C(=O)CCCc2nc(-c3cccs3)no2)C1. The standard InChI is InChI=1S/C20H25N5O2S/c1-24-11-9-21-17(24)13-15-5-3-10-25(14-15)19(26)8-2-7-18-22-20(23-27-18)16-6-4-12-28-16/h4,6,9,11-12,15H,2-3,5,7-8,10,13-14H2,1H3. The van der Waals surface area contributed by atoms with Crippen LogP contribution in [0.3, 0.4) is 0 Å². The number of carbonyl (C=O) groups is 1. The molecule has 1 aliphatic heterocycles. The molecular formula is C20H25N5O2S. The van der Waals surface area contributed by atoms with Gasteiger partial charge >= 0.3 is 0 Å². The van der Waals surface area contributed by atoms with Crippen LogP contribution in [0.5, 0.6) is 0 Å². The van der Waals surface area contributed by atoms with Crippen molar-refractivity contribution in [3.8, 4) is 10.7 Å². The zero-order chi connectivity index (χ0) is 19.3. The molecule has 0 N–H and O–H groups in total. The number of thiophene rings is 1. The maximum atomic E-state index is 12.6. The lowest BCUT2D eigenvalue weighted by Crippen LogP contribution is -2.40. The fraction of sp³-hybridized carbons (Fsp3) is 0.500. The molecule has 8 heteroatoms. The van der Waals surface area contributed by atoms with E-state index in [-0.39, 0.29) is 5.91 Å². The molecule has 3 aromatic heterocycles. The first-order valence-corrected chi connectivity index (χ1v) is 10.7. The number of amides is 1. The van der Waals surface area contributed by atoms with Gasteiger partial charge in [0.25, 0.3) is 0 Å². The number of carbonyl (C=O) groups excluding carboxylic acids is 1. The van der Waals surface area contributed by atoms with E-state index in [4.69, 9.17) is 4.52 Å². The number of rotatable bonds is 7. The molecule has 0 bridgehead atoms.